The normalized spacial score (nSPS) is 13.4. The Kier molecular flexibility index (Phi) is 14.2. The first kappa shape index (κ1) is 21.4. The molecule has 0 heterocycles. The van der Waals surface area contributed by atoms with Gasteiger partial charge in [0.15, 0.2) is 0 Å². The van der Waals surface area contributed by atoms with Gasteiger partial charge < -0.3 is 18.9 Å². The predicted octanol–water partition coefficient (Wildman–Crippen LogP) is -0.389. The van der Waals surface area contributed by atoms with Crippen molar-refractivity contribution in [2.45, 2.75) is 71.8 Å². The van der Waals surface area contributed by atoms with Gasteiger partial charge in [0.25, 0.3) is 0 Å². The third-order valence-electron chi connectivity index (χ3n) is 2.64. The van der Waals surface area contributed by atoms with Crippen LogP contribution in [-0.2, 0) is 9.09 Å². The zero-order valence-corrected chi connectivity index (χ0v) is 15.1. The van der Waals surface area contributed by atoms with Gasteiger partial charge in [-0.3, -0.25) is 0 Å². The van der Waals surface area contributed by atoms with Gasteiger partial charge in [-0.1, -0.05) is 52.9 Å². The molecule has 18 heavy (non-hydrogen) atoms. The van der Waals surface area contributed by atoms with E-state index < -0.39 is 13.9 Å². The second-order valence-electron chi connectivity index (χ2n) is 5.01. The van der Waals surface area contributed by atoms with Gasteiger partial charge in [0.05, 0.1) is 13.9 Å². The molecule has 0 amide bonds. The third-order valence-corrected chi connectivity index (χ3v) is 3.20. The van der Waals surface area contributed by atoms with Crippen LogP contribution >= 0.6 is 7.82 Å². The average molecular weight is 287 g/mol. The van der Waals surface area contributed by atoms with E-state index in [2.05, 4.69) is 11.4 Å². The van der Waals surface area contributed by atoms with Crippen LogP contribution in [0.2, 0.25) is 0 Å². The van der Waals surface area contributed by atoms with Crippen molar-refractivity contribution in [1.29, 1.82) is 0 Å². The fourth-order valence-electron chi connectivity index (χ4n) is 1.90. The van der Waals surface area contributed by atoms with E-state index in [1.54, 1.807) is 0 Å². The maximum absolute atomic E-state index is 10.6. The summed E-state index contributed by atoms with van der Waals surface area (Å²) in [4.78, 5) is 21.2. The summed E-state index contributed by atoms with van der Waals surface area (Å²) in [7, 11) is -4.84. The molecule has 104 valence electrons. The number of phosphoric acid groups is 1. The molecule has 0 radical (unpaired) electrons. The maximum Gasteiger partial charge on any atom is 1.00 e. The van der Waals surface area contributed by atoms with E-state index in [4.69, 9.17) is 0 Å². The molecule has 0 saturated heterocycles. The number of hydrogen-bond donors (Lipinski definition) is 0. The summed E-state index contributed by atoms with van der Waals surface area (Å²) in [5.41, 5.74) is 0. The molecule has 0 unspecified atom stereocenters. The Labute approximate surface area is 133 Å². The number of rotatable bonds is 10. The van der Waals surface area contributed by atoms with Crippen LogP contribution < -0.4 is 39.3 Å². The minimum absolute atomic E-state index is 0. The van der Waals surface area contributed by atoms with Crippen molar-refractivity contribution in [2.75, 3.05) is 0 Å². The van der Waals surface area contributed by atoms with Gasteiger partial charge in [-0.15, -0.1) is 0 Å². The molecule has 0 aliphatic carbocycles. The largest absolute Gasteiger partial charge is 1.00 e. The van der Waals surface area contributed by atoms with Crippen LogP contribution in [0.5, 0.6) is 0 Å². The Balaban J connectivity index is 0. The van der Waals surface area contributed by atoms with Crippen molar-refractivity contribution >= 4 is 7.82 Å². The van der Waals surface area contributed by atoms with Crippen molar-refractivity contribution in [1.82, 2.24) is 0 Å². The number of phosphoric ester groups is 1. The second-order valence-corrected chi connectivity index (χ2v) is 6.11. The van der Waals surface area contributed by atoms with Gasteiger partial charge in [-0.25, -0.2) is 0 Å². The zero-order chi connectivity index (χ0) is 13.3. The third kappa shape index (κ3) is 15.2. The quantitative estimate of drug-likeness (QED) is 0.312. The Morgan fingerprint density at radius 2 is 1.67 bits per heavy atom. The van der Waals surface area contributed by atoms with Gasteiger partial charge in [0.1, 0.15) is 0 Å². The molecule has 0 fully saturated rings. The standard InChI is InChI=1S/C12H27O4P.Na/c1-4-5-6-7-8-9-12(10-11(2)3)16-17(13,14)15;/h11-12H,4-10H2,1-3H3,(H2,13,14,15);/q;+1/p-2/t12-;/m1./s1. The van der Waals surface area contributed by atoms with Crippen molar-refractivity contribution in [3.8, 4) is 0 Å². The van der Waals surface area contributed by atoms with Gasteiger partial charge in [0.2, 0.25) is 0 Å². The van der Waals surface area contributed by atoms with Crippen LogP contribution in [0.4, 0.5) is 0 Å². The molecule has 6 heteroatoms. The van der Waals surface area contributed by atoms with E-state index in [-0.39, 0.29) is 29.6 Å². The minimum Gasteiger partial charge on any atom is -0.790 e. The Bertz CT molecular complexity index is 230. The van der Waals surface area contributed by atoms with Crippen LogP contribution in [0.15, 0.2) is 0 Å². The smallest absolute Gasteiger partial charge is 0.790 e. The monoisotopic (exact) mass is 287 g/mol. The van der Waals surface area contributed by atoms with Crippen molar-refractivity contribution < 1.29 is 48.4 Å². The van der Waals surface area contributed by atoms with Crippen LogP contribution in [0.25, 0.3) is 0 Å². The van der Waals surface area contributed by atoms with Crippen molar-refractivity contribution in [3.63, 3.8) is 0 Å². The average Bonchev–Trinajstić information content (AvgIpc) is 2.13. The summed E-state index contributed by atoms with van der Waals surface area (Å²) in [5.74, 6) is 0.335. The second kappa shape index (κ2) is 11.9. The van der Waals surface area contributed by atoms with Gasteiger partial charge in [0, 0.05) is 0 Å². The van der Waals surface area contributed by atoms with Gasteiger partial charge >= 0.3 is 29.6 Å². The molecule has 0 aromatic carbocycles. The van der Waals surface area contributed by atoms with Crippen LogP contribution in [-0.4, -0.2) is 6.10 Å². The van der Waals surface area contributed by atoms with Crippen LogP contribution in [0.1, 0.15) is 65.7 Å². The molecule has 0 N–H and O–H groups in total. The Morgan fingerprint density at radius 3 is 2.11 bits per heavy atom. The summed E-state index contributed by atoms with van der Waals surface area (Å²) in [6.07, 6.45) is 6.41. The topological polar surface area (TPSA) is 72.4 Å². The van der Waals surface area contributed by atoms with E-state index >= 15 is 0 Å². The van der Waals surface area contributed by atoms with Gasteiger partial charge in [-0.2, -0.15) is 0 Å². The summed E-state index contributed by atoms with van der Waals surface area (Å²) in [6.45, 7) is 6.14. The first-order valence-corrected chi connectivity index (χ1v) is 8.01. The number of hydrogen-bond acceptors (Lipinski definition) is 4. The summed E-state index contributed by atoms with van der Waals surface area (Å²) in [6, 6.07) is 0. The van der Waals surface area contributed by atoms with E-state index in [1.807, 2.05) is 13.8 Å². The van der Waals surface area contributed by atoms with E-state index in [0.717, 1.165) is 19.3 Å². The fraction of sp³-hybridized carbons (Fsp3) is 1.00. The molecule has 1 atom stereocenters. The minimum atomic E-state index is -4.84. The zero-order valence-electron chi connectivity index (χ0n) is 12.2. The summed E-state index contributed by atoms with van der Waals surface area (Å²) in [5, 5.41) is 0. The molecule has 0 aliphatic rings. The molecule has 0 aromatic heterocycles. The molecule has 0 saturated carbocycles. The van der Waals surface area contributed by atoms with Crippen molar-refractivity contribution in [3.05, 3.63) is 0 Å². The molecule has 0 rings (SSSR count). The fourth-order valence-corrected chi connectivity index (χ4v) is 2.45. The SMILES string of the molecule is CCCCCCC[C@H](CC(C)C)OP(=O)([O-])[O-].[Na+]. The van der Waals surface area contributed by atoms with E-state index in [0.29, 0.717) is 18.8 Å². The molecular formula is C12H25NaO4P-. The first-order valence-electron chi connectivity index (χ1n) is 6.55. The summed E-state index contributed by atoms with van der Waals surface area (Å²) < 4.78 is 15.2. The number of unbranched alkanes of at least 4 members (excludes halogenated alkanes) is 4. The van der Waals surface area contributed by atoms with Crippen LogP contribution in [0, 0.1) is 5.92 Å². The van der Waals surface area contributed by atoms with E-state index in [9.17, 15) is 14.4 Å². The van der Waals surface area contributed by atoms with Gasteiger partial charge in [-0.05, 0) is 18.8 Å². The summed E-state index contributed by atoms with van der Waals surface area (Å²) >= 11 is 0. The molecular weight excluding hydrogens is 262 g/mol. The van der Waals surface area contributed by atoms with E-state index in [1.165, 1.54) is 12.8 Å². The Morgan fingerprint density at radius 1 is 1.11 bits per heavy atom. The molecule has 0 bridgehead atoms. The molecule has 0 aliphatic heterocycles. The van der Waals surface area contributed by atoms with Crippen molar-refractivity contribution in [2.24, 2.45) is 5.92 Å². The predicted molar refractivity (Wildman–Crippen MR) is 65.3 cm³/mol. The Hall–Kier alpha value is 1.11. The van der Waals surface area contributed by atoms with Crippen LogP contribution in [0.3, 0.4) is 0 Å². The molecule has 4 nitrogen and oxygen atoms in total. The molecule has 0 aromatic rings. The maximum atomic E-state index is 10.6. The molecule has 0 spiro atoms. The first-order chi connectivity index (χ1) is 7.85.